The highest BCUT2D eigenvalue weighted by molar-refractivity contribution is 6.31. The number of ketones is 1. The lowest BCUT2D eigenvalue weighted by molar-refractivity contribution is -0.930. The van der Waals surface area contributed by atoms with Gasteiger partial charge < -0.3 is 19.7 Å². The van der Waals surface area contributed by atoms with E-state index in [9.17, 15) is 24.0 Å². The molecule has 2 unspecified atom stereocenters. The molecule has 2 aliphatic rings. The molecule has 0 saturated carbocycles. The summed E-state index contributed by atoms with van der Waals surface area (Å²) in [5.74, 6) is -1.48. The number of rotatable bonds is 7. The molecule has 4 rings (SSSR count). The number of fused-ring (bicyclic) bond motifs is 1. The molecule has 2 aliphatic heterocycles. The minimum Gasteiger partial charge on any atom is -0.465 e. The largest absolute Gasteiger partial charge is 0.465 e. The smallest absolute Gasteiger partial charge is 0.452 e. The van der Waals surface area contributed by atoms with E-state index in [1.54, 1.807) is 49.9 Å². The van der Waals surface area contributed by atoms with Gasteiger partial charge in [0, 0.05) is 29.2 Å². The van der Waals surface area contributed by atoms with Crippen molar-refractivity contribution in [1.29, 1.82) is 0 Å². The van der Waals surface area contributed by atoms with Gasteiger partial charge >= 0.3 is 24.4 Å². The molecule has 2 aromatic carbocycles. The summed E-state index contributed by atoms with van der Waals surface area (Å²) >= 11 is 6.26. The Morgan fingerprint density at radius 2 is 1.78 bits per heavy atom. The minimum atomic E-state index is -1.99. The molecular weight excluding hydrogens is 552 g/mol. The van der Waals surface area contributed by atoms with Crippen LogP contribution in [0.5, 0.6) is 0 Å². The fourth-order valence-corrected chi connectivity index (χ4v) is 5.39. The molecule has 0 aromatic heterocycles. The lowest BCUT2D eigenvalue weighted by Gasteiger charge is -2.49. The van der Waals surface area contributed by atoms with Crippen LogP contribution in [0.1, 0.15) is 66.3 Å². The summed E-state index contributed by atoms with van der Waals surface area (Å²) in [6.45, 7) is 5.59. The molecule has 12 heteroatoms. The maximum atomic E-state index is 14.5. The number of methoxy groups -OCH3 is 1. The number of hydrogen-bond acceptors (Lipinski definition) is 8. The van der Waals surface area contributed by atoms with Crippen molar-refractivity contribution in [3.63, 3.8) is 0 Å². The molecule has 3 amide bonds. The van der Waals surface area contributed by atoms with E-state index in [-0.39, 0.29) is 17.8 Å². The van der Waals surface area contributed by atoms with Crippen LogP contribution in [-0.2, 0) is 25.6 Å². The van der Waals surface area contributed by atoms with Crippen LogP contribution in [0.15, 0.2) is 42.5 Å². The van der Waals surface area contributed by atoms with Crippen molar-refractivity contribution in [2.24, 2.45) is 0 Å². The van der Waals surface area contributed by atoms with Crippen molar-refractivity contribution in [3.8, 4) is 0 Å². The predicted molar refractivity (Wildman–Crippen MR) is 150 cm³/mol. The quantitative estimate of drug-likeness (QED) is 0.215. The van der Waals surface area contributed by atoms with E-state index in [1.807, 2.05) is 0 Å². The Balaban J connectivity index is 1.90. The fraction of sp³-hybridized carbons (Fsp3) is 0.414. The van der Waals surface area contributed by atoms with Crippen molar-refractivity contribution < 1.29 is 38.0 Å². The molecule has 2 aromatic rings. The van der Waals surface area contributed by atoms with E-state index in [4.69, 9.17) is 21.1 Å². The van der Waals surface area contributed by atoms with Crippen LogP contribution in [0.25, 0.3) is 0 Å². The van der Waals surface area contributed by atoms with Gasteiger partial charge in [-0.3, -0.25) is 9.59 Å². The average Bonchev–Trinajstić information content (AvgIpc) is 3.45. The number of anilines is 1. The number of halogens is 1. The number of nitrogens with zero attached hydrogens (tertiary/aromatic N) is 2. The zero-order valence-corrected chi connectivity index (χ0v) is 24.2. The Bertz CT molecular complexity index is 1370. The first kappa shape index (κ1) is 30.0. The lowest BCUT2D eigenvalue weighted by Crippen LogP contribution is -2.79. The van der Waals surface area contributed by atoms with Gasteiger partial charge in [-0.15, -0.1) is 4.59 Å². The summed E-state index contributed by atoms with van der Waals surface area (Å²) in [6, 6.07) is 10.8. The molecule has 2 atom stereocenters. The van der Waals surface area contributed by atoms with E-state index in [0.717, 1.165) is 12.8 Å². The zero-order valence-electron chi connectivity index (χ0n) is 23.5. The van der Waals surface area contributed by atoms with Gasteiger partial charge in [0.25, 0.3) is 5.66 Å². The van der Waals surface area contributed by atoms with Crippen LogP contribution in [0.4, 0.5) is 10.5 Å². The van der Waals surface area contributed by atoms with Crippen LogP contribution in [0.2, 0.25) is 5.02 Å². The summed E-state index contributed by atoms with van der Waals surface area (Å²) in [5.41, 5.74) is 1.06. The van der Waals surface area contributed by atoms with Gasteiger partial charge in [-0.25, -0.2) is 14.4 Å². The number of ether oxygens (including phenoxy) is 2. The standard InChI is InChI=1S/C29H33ClN4O7/c1-28(2,3)41-27(39)32-34(18-35,17-19-7-9-20(10-8-19)25(37)40-4)29(26(38)33-13-5-6-14-33)16-24(36)22-12-11-21(30)15-23(22)31-29/h7-12,15,18H,5-6,13-14,16-17H2,1-4H3,(H-,31,32,36,39)/p+1. The number of esters is 1. The molecule has 41 heavy (non-hydrogen) atoms. The number of carbonyl (C=O) groups is 5. The van der Waals surface area contributed by atoms with Gasteiger partial charge in [0.2, 0.25) is 0 Å². The molecule has 218 valence electrons. The first-order chi connectivity index (χ1) is 19.3. The average molecular weight is 586 g/mol. The Hall–Kier alpha value is -3.96. The van der Waals surface area contributed by atoms with E-state index >= 15 is 0 Å². The number of Topliss-reactive ketones (excluding diaryl/α,β-unsaturated/α-hetero) is 1. The third-order valence-corrected chi connectivity index (χ3v) is 7.38. The minimum absolute atomic E-state index is 0.262. The molecule has 1 saturated heterocycles. The van der Waals surface area contributed by atoms with Gasteiger partial charge in [0.15, 0.2) is 5.78 Å². The Morgan fingerprint density at radius 3 is 2.37 bits per heavy atom. The summed E-state index contributed by atoms with van der Waals surface area (Å²) in [5, 5.41) is 3.49. The van der Waals surface area contributed by atoms with Gasteiger partial charge in [-0.1, -0.05) is 23.7 Å². The number of hydrogen-bond donors (Lipinski definition) is 2. The third-order valence-electron chi connectivity index (χ3n) is 7.14. The van der Waals surface area contributed by atoms with Gasteiger partial charge in [-0.05, 0) is 63.9 Å². The van der Waals surface area contributed by atoms with E-state index in [2.05, 4.69) is 10.7 Å². The van der Waals surface area contributed by atoms with Crippen molar-refractivity contribution in [3.05, 3.63) is 64.2 Å². The fourth-order valence-electron chi connectivity index (χ4n) is 5.22. The van der Waals surface area contributed by atoms with Crippen molar-refractivity contribution >= 4 is 47.5 Å². The van der Waals surface area contributed by atoms with Crippen LogP contribution in [-0.4, -0.2) is 71.1 Å². The number of nitrogens with one attached hydrogen (secondary N) is 2. The van der Waals surface area contributed by atoms with E-state index in [0.29, 0.717) is 35.6 Å². The molecule has 0 aliphatic carbocycles. The first-order valence-corrected chi connectivity index (χ1v) is 13.6. The maximum Gasteiger partial charge on any atom is 0.452 e. The summed E-state index contributed by atoms with van der Waals surface area (Å²) in [4.78, 5) is 68.3. The summed E-state index contributed by atoms with van der Waals surface area (Å²) in [6.07, 6.45) is 0.547. The molecule has 0 spiro atoms. The zero-order chi connectivity index (χ0) is 30.0. The predicted octanol–water partition coefficient (Wildman–Crippen LogP) is 4.06. The third kappa shape index (κ3) is 6.06. The molecule has 0 radical (unpaired) electrons. The molecule has 2 N–H and O–H groups in total. The molecule has 2 heterocycles. The second-order valence-electron chi connectivity index (χ2n) is 11.2. The van der Waals surface area contributed by atoms with Crippen molar-refractivity contribution in [2.45, 2.75) is 57.8 Å². The Kier molecular flexibility index (Phi) is 8.41. The van der Waals surface area contributed by atoms with Crippen LogP contribution < -0.4 is 10.7 Å². The molecular formula is C29H34ClN4O7+. The van der Waals surface area contributed by atoms with Crippen LogP contribution in [0.3, 0.4) is 0 Å². The van der Waals surface area contributed by atoms with Crippen LogP contribution in [0, 0.1) is 0 Å². The molecule has 11 nitrogen and oxygen atoms in total. The van der Waals surface area contributed by atoms with E-state index < -0.39 is 46.0 Å². The number of benzene rings is 2. The molecule has 0 bridgehead atoms. The number of quaternary nitrogens is 1. The highest BCUT2D eigenvalue weighted by atomic mass is 35.5. The Morgan fingerprint density at radius 1 is 1.12 bits per heavy atom. The number of carbonyl (C=O) groups excluding carboxylic acids is 5. The van der Waals surface area contributed by atoms with Gasteiger partial charge in [0.1, 0.15) is 12.1 Å². The number of amides is 3. The summed E-state index contributed by atoms with van der Waals surface area (Å²) < 4.78 is 9.23. The second kappa shape index (κ2) is 11.5. The summed E-state index contributed by atoms with van der Waals surface area (Å²) in [7, 11) is 1.26. The normalized spacial score (nSPS) is 19.8. The van der Waals surface area contributed by atoms with E-state index in [1.165, 1.54) is 25.3 Å². The first-order valence-electron chi connectivity index (χ1n) is 13.3. The van der Waals surface area contributed by atoms with Gasteiger partial charge in [-0.2, -0.15) is 5.43 Å². The molecule has 1 fully saturated rings. The van der Waals surface area contributed by atoms with Crippen LogP contribution >= 0.6 is 11.6 Å². The van der Waals surface area contributed by atoms with Gasteiger partial charge in [0.05, 0.1) is 24.8 Å². The number of likely N-dealkylation sites (tertiary alicyclic amines) is 1. The second-order valence-corrected chi connectivity index (χ2v) is 11.6. The topological polar surface area (TPSA) is 131 Å². The lowest BCUT2D eigenvalue weighted by atomic mass is 9.88. The highest BCUT2D eigenvalue weighted by Crippen LogP contribution is 2.40. The van der Waals surface area contributed by atoms with Crippen molar-refractivity contribution in [1.82, 2.24) is 10.3 Å². The highest BCUT2D eigenvalue weighted by Gasteiger charge is 2.64. The SMILES string of the molecule is COC(=O)c1ccc(C[N+](C=O)(NC(=O)OC(C)(C)C)C2(C(=O)N3CCCC3)CC(=O)c3ccc(Cl)cc3N2)cc1. The van der Waals surface area contributed by atoms with Crippen molar-refractivity contribution in [2.75, 3.05) is 25.5 Å². The Labute approximate surface area is 243 Å². The monoisotopic (exact) mass is 585 g/mol. The maximum absolute atomic E-state index is 14.5.